The van der Waals surface area contributed by atoms with E-state index in [0.717, 1.165) is 70.4 Å². The molecule has 3 heteroatoms. The third-order valence-electron chi connectivity index (χ3n) is 10.7. The van der Waals surface area contributed by atoms with E-state index in [0.29, 0.717) is 52.3 Å². The lowest BCUT2D eigenvalue weighted by Gasteiger charge is -2.17. The quantitative estimate of drug-likeness (QED) is 0.102. The summed E-state index contributed by atoms with van der Waals surface area (Å²) in [5, 5.41) is 9.14. The van der Waals surface area contributed by atoms with Crippen LogP contribution in [-0.2, 0) is 0 Å². The summed E-state index contributed by atoms with van der Waals surface area (Å²) in [5.41, 5.74) is 10.1. The second kappa shape index (κ2) is 24.1. The van der Waals surface area contributed by atoms with Gasteiger partial charge in [0, 0.05) is 27.8 Å². The van der Waals surface area contributed by atoms with Gasteiger partial charge in [-0.3, -0.25) is 0 Å². The third kappa shape index (κ3) is 12.9. The number of rotatable bonds is 10. The molecule has 0 N–H and O–H groups in total. The Morgan fingerprint density at radius 1 is 0.279 bits per heavy atom. The van der Waals surface area contributed by atoms with Gasteiger partial charge in [0.05, 0.1) is 52.7 Å². The average Bonchev–Trinajstić information content (AvgIpc) is 3.40. The van der Waals surface area contributed by atoms with Crippen molar-refractivity contribution in [2.24, 2.45) is 0 Å². The molecule has 0 fully saturated rings. The Morgan fingerprint density at radius 2 is 0.588 bits per heavy atom. The van der Waals surface area contributed by atoms with Crippen LogP contribution in [0.2, 0.25) is 0 Å². The van der Waals surface area contributed by atoms with Crippen LogP contribution in [0.1, 0.15) is 86.9 Å². The number of hydrogen-bond donors (Lipinski definition) is 0. The van der Waals surface area contributed by atoms with Gasteiger partial charge in [0.15, 0.2) is 5.75 Å². The Hall–Kier alpha value is -9.35. The Bertz CT molecular complexity index is 3180. The van der Waals surface area contributed by atoms with Gasteiger partial charge in [0.25, 0.3) is 0 Å². The molecule has 8 rings (SSSR count). The molecule has 0 aliphatic heterocycles. The van der Waals surface area contributed by atoms with Crippen LogP contribution in [0.4, 0.5) is 0 Å². The predicted octanol–water partition coefficient (Wildman–Crippen LogP) is 13.2. The molecule has 0 radical (unpaired) electrons. The maximum atomic E-state index is 9.14. The first-order valence-electron chi connectivity index (χ1n) is 22.7. The predicted molar refractivity (Wildman–Crippen MR) is 275 cm³/mol. The molecule has 322 valence electrons. The van der Waals surface area contributed by atoms with Crippen molar-refractivity contribution in [2.45, 2.75) is 25.7 Å². The molecule has 0 heterocycles. The van der Waals surface area contributed by atoms with E-state index in [4.69, 9.17) is 14.7 Å². The maximum Gasteiger partial charge on any atom is 0.153 e. The smallest absolute Gasteiger partial charge is 0.153 e. The first-order valence-corrected chi connectivity index (χ1v) is 22.7. The van der Waals surface area contributed by atoms with E-state index in [-0.39, 0.29) is 0 Å². The van der Waals surface area contributed by atoms with Gasteiger partial charge in [-0.1, -0.05) is 174 Å². The second-order valence-corrected chi connectivity index (χ2v) is 15.6. The summed E-state index contributed by atoms with van der Waals surface area (Å²) in [6.07, 6.45) is 3.58. The van der Waals surface area contributed by atoms with Crippen molar-refractivity contribution in [2.75, 3.05) is 13.2 Å². The highest BCUT2D eigenvalue weighted by atomic mass is 16.5. The van der Waals surface area contributed by atoms with Gasteiger partial charge in [0.2, 0.25) is 0 Å². The summed E-state index contributed by atoms with van der Waals surface area (Å²) >= 11 is 0. The monoisotopic (exact) mass is 871 g/mol. The summed E-state index contributed by atoms with van der Waals surface area (Å²) in [6, 6.07) is 67.5. The summed E-state index contributed by atoms with van der Waals surface area (Å²) in [6.45, 7) is 1.03. The van der Waals surface area contributed by atoms with E-state index in [1.54, 1.807) is 0 Å². The number of nitriles is 1. The van der Waals surface area contributed by atoms with Crippen LogP contribution in [0, 0.1) is 70.5 Å². The summed E-state index contributed by atoms with van der Waals surface area (Å²) in [5.74, 6) is 36.1. The molecular formula is C65H45NO2. The maximum absolute atomic E-state index is 9.14. The number of hydrogen-bond acceptors (Lipinski definition) is 3. The number of ether oxygens (including phenoxy) is 2. The molecular weight excluding hydrogens is 827 g/mol. The number of benzene rings is 8. The van der Waals surface area contributed by atoms with Crippen molar-refractivity contribution in [1.29, 1.82) is 5.26 Å². The van der Waals surface area contributed by atoms with Gasteiger partial charge in [-0.2, -0.15) is 5.26 Å². The van der Waals surface area contributed by atoms with Gasteiger partial charge < -0.3 is 9.47 Å². The zero-order valence-electron chi connectivity index (χ0n) is 37.6. The fourth-order valence-corrected chi connectivity index (χ4v) is 7.17. The normalized spacial score (nSPS) is 9.81. The van der Waals surface area contributed by atoms with Gasteiger partial charge in [-0.25, -0.2) is 0 Å². The van der Waals surface area contributed by atoms with Crippen LogP contribution in [0.5, 0.6) is 11.5 Å². The zero-order valence-corrected chi connectivity index (χ0v) is 37.6. The molecule has 0 aliphatic carbocycles. The molecule has 0 aliphatic rings. The van der Waals surface area contributed by atoms with Crippen molar-refractivity contribution in [3.63, 3.8) is 0 Å². The SMILES string of the molecule is N#Cc1ccc(-c2ccc(OCCCCCCOc3c(C#Cc4ccccc4)c(C#Cc4ccccc4)c(C#Cc4ccccc4)c(C#Cc4ccccc4)c3C#Cc3ccccc3)cc2)cc1. The van der Waals surface area contributed by atoms with Gasteiger partial charge in [-0.05, 0) is 122 Å². The van der Waals surface area contributed by atoms with Crippen molar-refractivity contribution in [3.8, 4) is 87.9 Å². The Kier molecular flexibility index (Phi) is 16.0. The first kappa shape index (κ1) is 45.2. The summed E-state index contributed by atoms with van der Waals surface area (Å²) in [4.78, 5) is 0. The van der Waals surface area contributed by atoms with Crippen molar-refractivity contribution in [1.82, 2.24) is 0 Å². The third-order valence-corrected chi connectivity index (χ3v) is 10.7. The lowest BCUT2D eigenvalue weighted by Crippen LogP contribution is -2.08. The van der Waals surface area contributed by atoms with Crippen LogP contribution in [0.15, 0.2) is 200 Å². The highest BCUT2D eigenvalue weighted by Crippen LogP contribution is 2.34. The van der Waals surface area contributed by atoms with E-state index in [1.165, 1.54) is 0 Å². The van der Waals surface area contributed by atoms with Crippen molar-refractivity contribution >= 4 is 0 Å². The topological polar surface area (TPSA) is 42.2 Å². The van der Waals surface area contributed by atoms with E-state index in [9.17, 15) is 0 Å². The molecule has 0 spiro atoms. The van der Waals surface area contributed by atoms with Gasteiger partial charge >= 0.3 is 0 Å². The lowest BCUT2D eigenvalue weighted by molar-refractivity contribution is 0.287. The van der Waals surface area contributed by atoms with Crippen LogP contribution < -0.4 is 9.47 Å². The largest absolute Gasteiger partial charge is 0.494 e. The summed E-state index contributed by atoms with van der Waals surface area (Å²) in [7, 11) is 0. The van der Waals surface area contributed by atoms with Crippen LogP contribution in [-0.4, -0.2) is 13.2 Å². The molecule has 8 aromatic carbocycles. The molecule has 68 heavy (non-hydrogen) atoms. The molecule has 0 saturated carbocycles. The molecule has 0 unspecified atom stereocenters. The Balaban J connectivity index is 1.16. The number of unbranched alkanes of at least 4 members (excludes halogenated alkanes) is 3. The fourth-order valence-electron chi connectivity index (χ4n) is 7.17. The van der Waals surface area contributed by atoms with Crippen molar-refractivity contribution < 1.29 is 9.47 Å². The Labute approximate surface area is 401 Å². The molecule has 0 saturated heterocycles. The van der Waals surface area contributed by atoms with E-state index in [2.05, 4.69) is 65.3 Å². The highest BCUT2D eigenvalue weighted by molar-refractivity contribution is 5.78. The lowest BCUT2D eigenvalue weighted by atomic mass is 9.89. The van der Waals surface area contributed by atoms with Gasteiger partial charge in [0.1, 0.15) is 5.75 Å². The first-order chi connectivity index (χ1) is 33.7. The molecule has 0 aromatic heterocycles. The fraction of sp³-hybridized carbons (Fsp3) is 0.0923. The average molecular weight is 872 g/mol. The molecule has 0 atom stereocenters. The van der Waals surface area contributed by atoms with Crippen LogP contribution in [0.3, 0.4) is 0 Å². The minimum Gasteiger partial charge on any atom is -0.494 e. The van der Waals surface area contributed by atoms with Crippen LogP contribution >= 0.6 is 0 Å². The number of nitrogens with zero attached hydrogens (tertiary/aromatic N) is 1. The standard InChI is InChI=1S/C65H45NO2/c66-50-56-30-37-57(38-31-56)58-39-41-59(42-40-58)67-48-18-1-2-19-49-68-65-63(46-35-54-26-14-6-15-27-54)61(44-33-52-22-10-4-11-23-52)60(43-32-51-20-8-3-9-21-51)62(45-34-53-24-12-5-13-25-53)64(65)47-36-55-28-16-7-17-29-55/h3-17,20-31,37-42H,1-2,18-19,48-49H2. The summed E-state index contributed by atoms with van der Waals surface area (Å²) < 4.78 is 13.1. The Morgan fingerprint density at radius 3 is 0.941 bits per heavy atom. The second-order valence-electron chi connectivity index (χ2n) is 15.6. The molecule has 0 bridgehead atoms. The van der Waals surface area contributed by atoms with E-state index in [1.807, 2.05) is 200 Å². The molecule has 8 aromatic rings. The molecule has 0 amide bonds. The van der Waals surface area contributed by atoms with E-state index >= 15 is 0 Å². The van der Waals surface area contributed by atoms with Crippen molar-refractivity contribution in [3.05, 3.63) is 261 Å². The zero-order chi connectivity index (χ0) is 46.4. The minimum atomic E-state index is 0.420. The molecule has 3 nitrogen and oxygen atoms in total. The van der Waals surface area contributed by atoms with E-state index < -0.39 is 0 Å². The highest BCUT2D eigenvalue weighted by Gasteiger charge is 2.22. The van der Waals surface area contributed by atoms with Gasteiger partial charge in [-0.15, -0.1) is 0 Å². The van der Waals surface area contributed by atoms with Crippen LogP contribution in [0.25, 0.3) is 11.1 Å². The minimum absolute atomic E-state index is 0.420.